The molecule has 16 heteroatoms. The molecule has 0 unspecified atom stereocenters. The summed E-state index contributed by atoms with van der Waals surface area (Å²) in [5.74, 6) is -7.32. The van der Waals surface area contributed by atoms with Gasteiger partial charge in [-0.2, -0.15) is 13.2 Å². The summed E-state index contributed by atoms with van der Waals surface area (Å²) < 4.78 is 42.1. The van der Waals surface area contributed by atoms with Crippen LogP contribution in [0.1, 0.15) is 28.3 Å². The van der Waals surface area contributed by atoms with Gasteiger partial charge in [-0.3, -0.25) is 15.0 Å². The highest BCUT2D eigenvalue weighted by Crippen LogP contribution is 2.16. The van der Waals surface area contributed by atoms with E-state index in [-0.39, 0.29) is 23.1 Å². The summed E-state index contributed by atoms with van der Waals surface area (Å²) in [4.78, 5) is 54.5. The molecule has 0 aliphatic carbocycles. The van der Waals surface area contributed by atoms with E-state index in [1.807, 2.05) is 0 Å². The lowest BCUT2D eigenvalue weighted by Crippen LogP contribution is -2.42. The summed E-state index contributed by atoms with van der Waals surface area (Å²) in [5, 5.41) is 34.1. The monoisotopic (exact) mass is 517 g/mol. The number of amides is 1. The summed E-state index contributed by atoms with van der Waals surface area (Å²) in [7, 11) is 0. The molecule has 0 aliphatic heterocycles. The minimum Gasteiger partial charge on any atom is -0.481 e. The number of carbonyl (C=O) groups is 5. The Labute approximate surface area is 198 Å². The second-order valence-corrected chi connectivity index (χ2v) is 6.63. The van der Waals surface area contributed by atoms with Gasteiger partial charge in [0.2, 0.25) is 11.7 Å². The molecule has 0 bridgehead atoms. The Morgan fingerprint density at radius 1 is 1.03 bits per heavy atom. The molecule has 2 rings (SSSR count). The smallest absolute Gasteiger partial charge is 0.481 e. The number of carboxylic acids is 3. The highest BCUT2D eigenvalue weighted by Gasteiger charge is 2.38. The van der Waals surface area contributed by atoms with Crippen molar-refractivity contribution in [2.75, 3.05) is 0 Å². The Balaban J connectivity index is 0.000000809. The molecule has 0 spiro atoms. The summed E-state index contributed by atoms with van der Waals surface area (Å²) >= 11 is 0. The van der Waals surface area contributed by atoms with Crippen LogP contribution in [0, 0.1) is 5.41 Å². The number of carboxylic acid groups (broad SMARTS) is 3. The van der Waals surface area contributed by atoms with Gasteiger partial charge in [-0.05, 0) is 36.4 Å². The molecule has 1 aromatic carbocycles. The Bertz CT molecular complexity index is 1140. The third kappa shape index (κ3) is 9.94. The number of hydrogen-bond acceptors (Lipinski definition) is 8. The maximum Gasteiger partial charge on any atom is 0.490 e. The number of hydrogen-bond donors (Lipinski definition) is 6. The van der Waals surface area contributed by atoms with Gasteiger partial charge in [-0.15, -0.1) is 0 Å². The van der Waals surface area contributed by atoms with E-state index in [0.717, 1.165) is 0 Å². The predicted molar refractivity (Wildman–Crippen MR) is 110 cm³/mol. The summed E-state index contributed by atoms with van der Waals surface area (Å²) in [5.41, 5.74) is 5.79. The highest BCUT2D eigenvalue weighted by atomic mass is 19.4. The lowest BCUT2D eigenvalue weighted by atomic mass is 10.2. The Kier molecular flexibility index (Phi) is 10.2. The quantitative estimate of drug-likeness (QED) is 0.119. The third-order valence-electron chi connectivity index (χ3n) is 3.83. The molecular formula is C20H18F3N3O10. The first-order valence-corrected chi connectivity index (χ1v) is 9.39. The molecule has 0 saturated heterocycles. The topological polar surface area (TPSA) is 230 Å². The van der Waals surface area contributed by atoms with E-state index >= 15 is 0 Å². The standard InChI is InChI=1S/C18H17N3O8.C2HF3O2/c19-16(20)9-1-3-10(4-2-9)29-18(27)13-6-5-11(28-13)7-14(22)21-12(17(25)26)8-15(23)24;3-2(4,5)1(6)7/h1-6,12H,7-8H2,(H3,19,20)(H,21,22)(H,23,24)(H,25,26);(H,6,7)/t12-;/m0./s1. The average Bonchev–Trinajstić information content (AvgIpc) is 3.21. The summed E-state index contributed by atoms with van der Waals surface area (Å²) in [6, 6.07) is 6.92. The zero-order valence-electron chi connectivity index (χ0n) is 17.9. The van der Waals surface area contributed by atoms with Crippen LogP contribution in [0.25, 0.3) is 0 Å². The van der Waals surface area contributed by atoms with Crippen molar-refractivity contribution in [2.24, 2.45) is 5.73 Å². The normalized spacial score (nSPS) is 11.3. The number of carbonyl (C=O) groups excluding carboxylic acids is 2. The van der Waals surface area contributed by atoms with Crippen molar-refractivity contribution in [3.05, 3.63) is 53.5 Å². The van der Waals surface area contributed by atoms with Gasteiger partial charge in [0, 0.05) is 5.56 Å². The van der Waals surface area contributed by atoms with Crippen LogP contribution < -0.4 is 15.8 Å². The van der Waals surface area contributed by atoms with E-state index in [1.165, 1.54) is 36.4 Å². The number of esters is 1. The fraction of sp³-hybridized carbons (Fsp3) is 0.200. The van der Waals surface area contributed by atoms with E-state index < -0.39 is 54.8 Å². The fourth-order valence-electron chi connectivity index (χ4n) is 2.22. The molecule has 0 fully saturated rings. The first-order chi connectivity index (χ1) is 16.6. The number of rotatable bonds is 9. The average molecular weight is 517 g/mol. The number of halogens is 3. The largest absolute Gasteiger partial charge is 0.490 e. The van der Waals surface area contributed by atoms with E-state index in [2.05, 4.69) is 5.32 Å². The van der Waals surface area contributed by atoms with Crippen LogP contribution in [-0.2, 0) is 25.6 Å². The molecule has 0 aliphatic rings. The minimum atomic E-state index is -5.08. The molecule has 194 valence electrons. The number of benzene rings is 1. The van der Waals surface area contributed by atoms with Crippen LogP contribution in [-0.4, -0.2) is 63.2 Å². The highest BCUT2D eigenvalue weighted by molar-refractivity contribution is 5.95. The van der Waals surface area contributed by atoms with Crippen molar-refractivity contribution in [1.29, 1.82) is 5.41 Å². The van der Waals surface area contributed by atoms with E-state index in [9.17, 15) is 32.3 Å². The maximum absolute atomic E-state index is 12.1. The van der Waals surface area contributed by atoms with Crippen LogP contribution in [0.3, 0.4) is 0 Å². The van der Waals surface area contributed by atoms with Crippen LogP contribution in [0.2, 0.25) is 0 Å². The number of ether oxygens (including phenoxy) is 1. The van der Waals surface area contributed by atoms with Gasteiger partial charge in [-0.25, -0.2) is 14.4 Å². The molecule has 2 aromatic rings. The molecule has 1 amide bonds. The molecule has 36 heavy (non-hydrogen) atoms. The number of furan rings is 1. The number of aliphatic carboxylic acids is 3. The van der Waals surface area contributed by atoms with Gasteiger partial charge in [0.1, 0.15) is 23.4 Å². The van der Waals surface area contributed by atoms with Gasteiger partial charge in [-0.1, -0.05) is 0 Å². The number of alkyl halides is 3. The molecule has 0 saturated carbocycles. The first kappa shape index (κ1) is 29.1. The lowest BCUT2D eigenvalue weighted by molar-refractivity contribution is -0.192. The zero-order valence-corrected chi connectivity index (χ0v) is 17.9. The summed E-state index contributed by atoms with van der Waals surface area (Å²) in [6.07, 6.45) is -6.26. The van der Waals surface area contributed by atoms with Gasteiger partial charge < -0.3 is 35.5 Å². The number of nitrogens with one attached hydrogen (secondary N) is 2. The molecule has 13 nitrogen and oxygen atoms in total. The lowest BCUT2D eigenvalue weighted by Gasteiger charge is -2.11. The van der Waals surface area contributed by atoms with Crippen molar-refractivity contribution in [3.63, 3.8) is 0 Å². The van der Waals surface area contributed by atoms with Crippen LogP contribution in [0.5, 0.6) is 5.75 Å². The number of nitrogens with two attached hydrogens (primary N) is 1. The second-order valence-electron chi connectivity index (χ2n) is 6.63. The van der Waals surface area contributed by atoms with Crippen LogP contribution in [0.15, 0.2) is 40.8 Å². The van der Waals surface area contributed by atoms with E-state index in [1.54, 1.807) is 0 Å². The van der Waals surface area contributed by atoms with E-state index in [4.69, 9.17) is 40.4 Å². The van der Waals surface area contributed by atoms with Gasteiger partial charge in [0.05, 0.1) is 12.8 Å². The molecule has 1 heterocycles. The maximum atomic E-state index is 12.1. The van der Waals surface area contributed by atoms with Gasteiger partial charge >= 0.3 is 30.1 Å². The minimum absolute atomic E-state index is 0.0563. The fourth-order valence-corrected chi connectivity index (χ4v) is 2.22. The van der Waals surface area contributed by atoms with Gasteiger partial charge in [0.15, 0.2) is 0 Å². The second kappa shape index (κ2) is 12.5. The Hall–Kier alpha value is -4.89. The van der Waals surface area contributed by atoms with Crippen molar-refractivity contribution in [1.82, 2.24) is 5.32 Å². The van der Waals surface area contributed by atoms with E-state index in [0.29, 0.717) is 5.56 Å². The van der Waals surface area contributed by atoms with Crippen molar-refractivity contribution < 1.29 is 61.6 Å². The molecule has 1 aromatic heterocycles. The predicted octanol–water partition coefficient (Wildman–Crippen LogP) is 1.00. The first-order valence-electron chi connectivity index (χ1n) is 9.39. The Morgan fingerprint density at radius 2 is 1.58 bits per heavy atom. The van der Waals surface area contributed by atoms with Crippen LogP contribution in [0.4, 0.5) is 13.2 Å². The summed E-state index contributed by atoms with van der Waals surface area (Å²) in [6.45, 7) is 0. The zero-order chi connectivity index (χ0) is 27.6. The SMILES string of the molecule is N=C(N)c1ccc(OC(=O)c2ccc(CC(=O)N[C@@H](CC(=O)O)C(=O)O)o2)cc1.O=C(O)C(F)(F)F. The molecule has 1 atom stereocenters. The number of amidine groups is 1. The Morgan fingerprint density at radius 3 is 2.03 bits per heavy atom. The molecular weight excluding hydrogens is 499 g/mol. The van der Waals surface area contributed by atoms with Crippen molar-refractivity contribution >= 4 is 35.6 Å². The van der Waals surface area contributed by atoms with Crippen molar-refractivity contribution in [2.45, 2.75) is 25.1 Å². The van der Waals surface area contributed by atoms with Crippen LogP contribution >= 0.6 is 0 Å². The number of nitrogen functional groups attached to an aromatic ring is 1. The van der Waals surface area contributed by atoms with Crippen molar-refractivity contribution in [3.8, 4) is 5.75 Å². The molecule has 0 radical (unpaired) electrons. The molecule has 7 N–H and O–H groups in total. The third-order valence-corrected chi connectivity index (χ3v) is 3.83. The van der Waals surface area contributed by atoms with Gasteiger partial charge in [0.25, 0.3) is 0 Å².